The van der Waals surface area contributed by atoms with Crippen LogP contribution in [0.15, 0.2) is 60.8 Å². The number of allylic oxidation sites excluding steroid dienone is 1. The van der Waals surface area contributed by atoms with E-state index in [4.69, 9.17) is 0 Å². The highest BCUT2D eigenvalue weighted by molar-refractivity contribution is 6.04. The monoisotopic (exact) mass is 259 g/mol. The second kappa shape index (κ2) is 5.91. The molecule has 2 rings (SSSR count). The predicted octanol–water partition coefficient (Wildman–Crippen LogP) is 3.77. The molecule has 96 valence electrons. The van der Waals surface area contributed by atoms with Crippen LogP contribution in [0.2, 0.25) is 0 Å². The van der Waals surface area contributed by atoms with Gasteiger partial charge >= 0.3 is 0 Å². The van der Waals surface area contributed by atoms with E-state index < -0.39 is 11.6 Å². The van der Waals surface area contributed by atoms with E-state index in [2.05, 4.69) is 5.32 Å². The largest absolute Gasteiger partial charge is 0.357 e. The summed E-state index contributed by atoms with van der Waals surface area (Å²) >= 11 is 0. The van der Waals surface area contributed by atoms with Crippen molar-refractivity contribution >= 4 is 11.5 Å². The average molecular weight is 259 g/mol. The number of ketones is 1. The molecular weight excluding hydrogens is 248 g/mol. The summed E-state index contributed by atoms with van der Waals surface area (Å²) in [4.78, 5) is 11.7. The molecule has 4 heteroatoms. The Morgan fingerprint density at radius 1 is 0.947 bits per heavy atom. The third kappa shape index (κ3) is 3.25. The number of halogens is 2. The highest BCUT2D eigenvalue weighted by Crippen LogP contribution is 2.17. The molecule has 0 heterocycles. The van der Waals surface area contributed by atoms with E-state index in [9.17, 15) is 13.6 Å². The van der Waals surface area contributed by atoms with Crippen LogP contribution in [0.1, 0.15) is 10.4 Å². The molecule has 0 atom stereocenters. The SMILES string of the molecule is O=C(/C=C\Nc1c(F)cccc1F)c1ccccc1. The molecule has 0 aliphatic carbocycles. The molecule has 0 radical (unpaired) electrons. The van der Waals surface area contributed by atoms with Crippen molar-refractivity contribution in [2.24, 2.45) is 0 Å². The summed E-state index contributed by atoms with van der Waals surface area (Å²) in [6.45, 7) is 0. The summed E-state index contributed by atoms with van der Waals surface area (Å²) in [5, 5.41) is 2.43. The predicted molar refractivity (Wildman–Crippen MR) is 69.9 cm³/mol. The maximum absolute atomic E-state index is 13.3. The fourth-order valence-electron chi connectivity index (χ4n) is 1.54. The first-order valence-corrected chi connectivity index (χ1v) is 5.65. The molecule has 0 aliphatic heterocycles. The molecule has 0 saturated heterocycles. The van der Waals surface area contributed by atoms with Crippen LogP contribution in [0.5, 0.6) is 0 Å². The first-order valence-electron chi connectivity index (χ1n) is 5.65. The molecule has 0 bridgehead atoms. The van der Waals surface area contributed by atoms with Crippen molar-refractivity contribution in [3.8, 4) is 0 Å². The fourth-order valence-corrected chi connectivity index (χ4v) is 1.54. The van der Waals surface area contributed by atoms with Crippen LogP contribution in [0, 0.1) is 11.6 Å². The summed E-state index contributed by atoms with van der Waals surface area (Å²) in [6, 6.07) is 12.2. The second-order valence-electron chi connectivity index (χ2n) is 3.80. The maximum atomic E-state index is 13.3. The zero-order chi connectivity index (χ0) is 13.7. The lowest BCUT2D eigenvalue weighted by atomic mass is 10.1. The fraction of sp³-hybridized carbons (Fsp3) is 0. The number of para-hydroxylation sites is 1. The molecule has 0 saturated carbocycles. The van der Waals surface area contributed by atoms with E-state index in [0.717, 1.165) is 12.1 Å². The highest BCUT2D eigenvalue weighted by atomic mass is 19.1. The zero-order valence-electron chi connectivity index (χ0n) is 9.94. The Labute approximate surface area is 109 Å². The molecule has 1 N–H and O–H groups in total. The topological polar surface area (TPSA) is 29.1 Å². The standard InChI is InChI=1S/C15H11F2NO/c16-12-7-4-8-13(17)15(12)18-10-9-14(19)11-5-2-1-3-6-11/h1-10,18H/b10-9-. The second-order valence-corrected chi connectivity index (χ2v) is 3.80. The Morgan fingerprint density at radius 2 is 1.58 bits per heavy atom. The molecule has 0 amide bonds. The lowest BCUT2D eigenvalue weighted by Crippen LogP contribution is -1.98. The molecule has 2 aromatic rings. The number of benzene rings is 2. The molecule has 0 fully saturated rings. The van der Waals surface area contributed by atoms with Gasteiger partial charge in [-0.05, 0) is 12.1 Å². The number of rotatable bonds is 4. The summed E-state index contributed by atoms with van der Waals surface area (Å²) in [5.74, 6) is -1.67. The zero-order valence-corrected chi connectivity index (χ0v) is 9.94. The van der Waals surface area contributed by atoms with Gasteiger partial charge in [-0.3, -0.25) is 4.79 Å². The minimum atomic E-state index is -0.711. The molecule has 2 aromatic carbocycles. The number of hydrogen-bond donors (Lipinski definition) is 1. The van der Waals surface area contributed by atoms with E-state index >= 15 is 0 Å². The molecule has 0 aliphatic rings. The smallest absolute Gasteiger partial charge is 0.187 e. The van der Waals surface area contributed by atoms with Gasteiger partial charge in [0.25, 0.3) is 0 Å². The third-order valence-electron chi connectivity index (χ3n) is 2.48. The lowest BCUT2D eigenvalue weighted by Gasteiger charge is -2.03. The van der Waals surface area contributed by atoms with Gasteiger partial charge in [-0.1, -0.05) is 36.4 Å². The Balaban J connectivity index is 2.07. The molecular formula is C15H11F2NO. The van der Waals surface area contributed by atoms with Crippen molar-refractivity contribution in [3.63, 3.8) is 0 Å². The van der Waals surface area contributed by atoms with E-state index in [-0.39, 0.29) is 11.5 Å². The van der Waals surface area contributed by atoms with E-state index in [1.54, 1.807) is 30.3 Å². The molecule has 19 heavy (non-hydrogen) atoms. The number of nitrogens with one attached hydrogen (secondary N) is 1. The summed E-state index contributed by atoms with van der Waals surface area (Å²) < 4.78 is 26.6. The van der Waals surface area contributed by atoms with Gasteiger partial charge in [0, 0.05) is 17.8 Å². The quantitative estimate of drug-likeness (QED) is 0.669. The van der Waals surface area contributed by atoms with Gasteiger partial charge in [-0.2, -0.15) is 0 Å². The van der Waals surface area contributed by atoms with Gasteiger partial charge in [-0.25, -0.2) is 8.78 Å². The van der Waals surface area contributed by atoms with Gasteiger partial charge in [0.15, 0.2) is 5.78 Å². The number of hydrogen-bond acceptors (Lipinski definition) is 2. The van der Waals surface area contributed by atoms with Crippen molar-refractivity contribution in [2.45, 2.75) is 0 Å². The average Bonchev–Trinajstić information content (AvgIpc) is 2.43. The van der Waals surface area contributed by atoms with Gasteiger partial charge in [0.2, 0.25) is 0 Å². The van der Waals surface area contributed by atoms with Crippen LogP contribution in [-0.4, -0.2) is 5.78 Å². The Kier molecular flexibility index (Phi) is 4.03. The van der Waals surface area contributed by atoms with Gasteiger partial charge in [-0.15, -0.1) is 0 Å². The molecule has 0 spiro atoms. The summed E-state index contributed by atoms with van der Waals surface area (Å²) in [5.41, 5.74) is 0.231. The van der Waals surface area contributed by atoms with Gasteiger partial charge in [0.1, 0.15) is 17.3 Å². The molecule has 0 unspecified atom stereocenters. The summed E-state index contributed by atoms with van der Waals surface area (Å²) in [6.07, 6.45) is 2.44. The van der Waals surface area contributed by atoms with Crippen molar-refractivity contribution < 1.29 is 13.6 Å². The minimum Gasteiger partial charge on any atom is -0.357 e. The Bertz CT molecular complexity index is 589. The van der Waals surface area contributed by atoms with Crippen LogP contribution in [0.25, 0.3) is 0 Å². The van der Waals surface area contributed by atoms with E-state index in [1.807, 2.05) is 0 Å². The molecule has 2 nitrogen and oxygen atoms in total. The third-order valence-corrected chi connectivity index (χ3v) is 2.48. The number of carbonyl (C=O) groups is 1. The van der Waals surface area contributed by atoms with Gasteiger partial charge < -0.3 is 5.32 Å². The number of anilines is 1. The lowest BCUT2D eigenvalue weighted by molar-refractivity contribution is 0.104. The van der Waals surface area contributed by atoms with E-state index in [0.29, 0.717) is 5.56 Å². The highest BCUT2D eigenvalue weighted by Gasteiger charge is 2.06. The Morgan fingerprint density at radius 3 is 2.21 bits per heavy atom. The molecule has 0 aromatic heterocycles. The maximum Gasteiger partial charge on any atom is 0.187 e. The van der Waals surface area contributed by atoms with Crippen LogP contribution in [0.4, 0.5) is 14.5 Å². The van der Waals surface area contributed by atoms with Crippen molar-refractivity contribution in [1.29, 1.82) is 0 Å². The van der Waals surface area contributed by atoms with Crippen LogP contribution in [-0.2, 0) is 0 Å². The summed E-state index contributed by atoms with van der Waals surface area (Å²) in [7, 11) is 0. The van der Waals surface area contributed by atoms with Crippen LogP contribution in [0.3, 0.4) is 0 Å². The number of carbonyl (C=O) groups excluding carboxylic acids is 1. The first-order chi connectivity index (χ1) is 9.18. The van der Waals surface area contributed by atoms with Crippen LogP contribution >= 0.6 is 0 Å². The van der Waals surface area contributed by atoms with E-state index in [1.165, 1.54) is 18.3 Å². The van der Waals surface area contributed by atoms with Crippen molar-refractivity contribution in [3.05, 3.63) is 78.0 Å². The van der Waals surface area contributed by atoms with Crippen molar-refractivity contribution in [1.82, 2.24) is 0 Å². The van der Waals surface area contributed by atoms with Crippen LogP contribution < -0.4 is 5.32 Å². The van der Waals surface area contributed by atoms with Crippen molar-refractivity contribution in [2.75, 3.05) is 5.32 Å². The first kappa shape index (κ1) is 13.0. The minimum absolute atomic E-state index is 0.246. The normalized spacial score (nSPS) is 10.6. The Hall–Kier alpha value is -2.49. The van der Waals surface area contributed by atoms with Gasteiger partial charge in [0.05, 0.1) is 0 Å².